The number of benzene rings is 1. The molecule has 9 nitrogen and oxygen atoms in total. The maximum absolute atomic E-state index is 13.5. The number of nitrogens with zero attached hydrogens (tertiary/aromatic N) is 5. The molecule has 0 unspecified atom stereocenters. The minimum absolute atomic E-state index is 0.178. The fraction of sp³-hybridized carbons (Fsp3) is 0.375. The van der Waals surface area contributed by atoms with E-state index in [9.17, 15) is 9.59 Å². The normalized spacial score (nSPS) is 15.6. The summed E-state index contributed by atoms with van der Waals surface area (Å²) >= 11 is 0. The van der Waals surface area contributed by atoms with Gasteiger partial charge in [-0.15, -0.1) is 0 Å². The van der Waals surface area contributed by atoms with Crippen LogP contribution < -0.4 is 10.6 Å². The van der Waals surface area contributed by atoms with Gasteiger partial charge in [-0.25, -0.2) is 15.0 Å². The van der Waals surface area contributed by atoms with E-state index in [2.05, 4.69) is 9.97 Å². The minimum atomic E-state index is -0.484. The van der Waals surface area contributed by atoms with Gasteiger partial charge in [0.15, 0.2) is 5.89 Å². The minimum Gasteiger partial charge on any atom is -0.435 e. The summed E-state index contributed by atoms with van der Waals surface area (Å²) in [5, 5.41) is 0. The first-order chi connectivity index (χ1) is 15.8. The summed E-state index contributed by atoms with van der Waals surface area (Å²) < 4.78 is 5.75. The summed E-state index contributed by atoms with van der Waals surface area (Å²) in [6, 6.07) is 6.78. The van der Waals surface area contributed by atoms with E-state index in [4.69, 9.17) is 15.1 Å². The number of amides is 2. The third-order valence-electron chi connectivity index (χ3n) is 5.85. The van der Waals surface area contributed by atoms with Crippen LogP contribution in [0.25, 0.3) is 11.1 Å². The third-order valence-corrected chi connectivity index (χ3v) is 5.85. The number of aryl methyl sites for hydroxylation is 2. The number of primary amides is 1. The van der Waals surface area contributed by atoms with E-state index < -0.39 is 5.91 Å². The fourth-order valence-corrected chi connectivity index (χ4v) is 4.12. The Kier molecular flexibility index (Phi) is 6.13. The molecule has 1 fully saturated rings. The number of oxazole rings is 1. The summed E-state index contributed by atoms with van der Waals surface area (Å²) in [6.07, 6.45) is 4.02. The van der Waals surface area contributed by atoms with Gasteiger partial charge in [-0.3, -0.25) is 9.59 Å². The monoisotopic (exact) mass is 448 g/mol. The zero-order valence-corrected chi connectivity index (χ0v) is 19.3. The molecule has 1 aliphatic heterocycles. The van der Waals surface area contributed by atoms with Gasteiger partial charge in [0.2, 0.25) is 17.6 Å². The van der Waals surface area contributed by atoms with E-state index in [0.717, 1.165) is 29.7 Å². The summed E-state index contributed by atoms with van der Waals surface area (Å²) in [7, 11) is 3.75. The van der Waals surface area contributed by atoms with Crippen LogP contribution in [-0.4, -0.2) is 52.3 Å². The first kappa shape index (κ1) is 22.4. The number of likely N-dealkylation sites (tertiary alicyclic amines) is 1. The number of aromatic nitrogens is 3. The molecule has 3 aromatic rings. The quantitative estimate of drug-likeness (QED) is 0.615. The lowest BCUT2D eigenvalue weighted by Crippen LogP contribution is -2.32. The van der Waals surface area contributed by atoms with E-state index in [1.165, 1.54) is 0 Å². The zero-order valence-electron chi connectivity index (χ0n) is 19.3. The van der Waals surface area contributed by atoms with Crippen LogP contribution in [0, 0.1) is 6.92 Å². The SMILES string of the molecule is CCc1nc(C)c(C(=O)N2CCC[C@@H]2c2nc(N(C)C)ncc2-c2ccc(C(N)=O)cc2)o1. The molecule has 0 bridgehead atoms. The molecule has 1 aromatic carbocycles. The van der Waals surface area contributed by atoms with Crippen molar-refractivity contribution in [2.45, 2.75) is 39.2 Å². The standard InChI is InChI=1S/C24H28N6O3/c1-5-19-27-14(2)21(33-19)23(32)30-12-6-7-18(30)20-17(13-26-24(28-20)29(3)4)15-8-10-16(11-9-15)22(25)31/h8-11,13,18H,5-7,12H2,1-4H3,(H2,25,31)/t18-/m1/s1. The Morgan fingerprint density at radius 2 is 1.94 bits per heavy atom. The highest BCUT2D eigenvalue weighted by Crippen LogP contribution is 2.38. The second kappa shape index (κ2) is 9.01. The van der Waals surface area contributed by atoms with Crippen molar-refractivity contribution >= 4 is 17.8 Å². The number of carbonyl (C=O) groups excluding carboxylic acids is 2. The summed E-state index contributed by atoms with van der Waals surface area (Å²) in [5.41, 5.74) is 8.84. The molecule has 1 atom stereocenters. The van der Waals surface area contributed by atoms with Gasteiger partial charge in [0.05, 0.1) is 17.4 Å². The molecule has 2 amide bonds. The molecule has 0 saturated carbocycles. The average molecular weight is 449 g/mol. The predicted octanol–water partition coefficient (Wildman–Crippen LogP) is 3.14. The highest BCUT2D eigenvalue weighted by atomic mass is 16.4. The smallest absolute Gasteiger partial charge is 0.292 e. The molecule has 0 aliphatic carbocycles. The van der Waals surface area contributed by atoms with Gasteiger partial charge in [0.25, 0.3) is 5.91 Å². The van der Waals surface area contributed by atoms with Gasteiger partial charge in [0.1, 0.15) is 0 Å². The molecular formula is C24H28N6O3. The Bertz CT molecular complexity index is 1190. The van der Waals surface area contributed by atoms with Crippen LogP contribution in [0.15, 0.2) is 34.9 Å². The lowest BCUT2D eigenvalue weighted by atomic mass is 9.98. The highest BCUT2D eigenvalue weighted by molar-refractivity contribution is 5.94. The van der Waals surface area contributed by atoms with Crippen LogP contribution in [-0.2, 0) is 6.42 Å². The van der Waals surface area contributed by atoms with E-state index in [0.29, 0.717) is 36.1 Å². The number of carbonyl (C=O) groups is 2. The second-order valence-electron chi connectivity index (χ2n) is 8.34. The van der Waals surface area contributed by atoms with Crippen molar-refractivity contribution in [1.29, 1.82) is 0 Å². The molecule has 33 heavy (non-hydrogen) atoms. The molecule has 9 heteroatoms. The van der Waals surface area contributed by atoms with E-state index in [-0.39, 0.29) is 17.7 Å². The molecule has 172 valence electrons. The van der Waals surface area contributed by atoms with E-state index >= 15 is 0 Å². The summed E-state index contributed by atoms with van der Waals surface area (Å²) in [5.74, 6) is 0.738. The molecule has 1 saturated heterocycles. The fourth-order valence-electron chi connectivity index (χ4n) is 4.12. The van der Waals surface area contributed by atoms with Crippen LogP contribution in [0.4, 0.5) is 5.95 Å². The maximum atomic E-state index is 13.5. The van der Waals surface area contributed by atoms with Crippen LogP contribution in [0.1, 0.15) is 64.0 Å². The third kappa shape index (κ3) is 4.30. The Morgan fingerprint density at radius 3 is 2.55 bits per heavy atom. The molecule has 0 spiro atoms. The first-order valence-electron chi connectivity index (χ1n) is 11.0. The Hall–Kier alpha value is -3.75. The van der Waals surface area contributed by atoms with Crippen molar-refractivity contribution in [3.8, 4) is 11.1 Å². The van der Waals surface area contributed by atoms with E-state index in [1.807, 2.05) is 43.0 Å². The van der Waals surface area contributed by atoms with Gasteiger partial charge >= 0.3 is 0 Å². The van der Waals surface area contributed by atoms with Gasteiger partial charge in [-0.05, 0) is 37.5 Å². The molecule has 1 aliphatic rings. The number of anilines is 1. The van der Waals surface area contributed by atoms with Crippen molar-refractivity contribution in [2.75, 3.05) is 25.5 Å². The van der Waals surface area contributed by atoms with Gasteiger partial charge < -0.3 is 20.0 Å². The number of nitrogens with two attached hydrogens (primary N) is 1. The van der Waals surface area contributed by atoms with Gasteiger partial charge in [-0.2, -0.15) is 0 Å². The molecule has 2 N–H and O–H groups in total. The Labute approximate surface area is 192 Å². The number of rotatable bonds is 6. The van der Waals surface area contributed by atoms with Gasteiger partial charge in [-0.1, -0.05) is 19.1 Å². The van der Waals surface area contributed by atoms with Crippen molar-refractivity contribution in [3.63, 3.8) is 0 Å². The first-order valence-corrected chi connectivity index (χ1v) is 11.0. The van der Waals surface area contributed by atoms with Crippen LogP contribution in [0.3, 0.4) is 0 Å². The predicted molar refractivity (Wildman–Crippen MR) is 124 cm³/mol. The lowest BCUT2D eigenvalue weighted by Gasteiger charge is -2.26. The highest BCUT2D eigenvalue weighted by Gasteiger charge is 2.36. The maximum Gasteiger partial charge on any atom is 0.292 e. The molecule has 0 radical (unpaired) electrons. The lowest BCUT2D eigenvalue weighted by molar-refractivity contribution is 0.0698. The number of hydrogen-bond donors (Lipinski definition) is 1. The van der Waals surface area contributed by atoms with Crippen molar-refractivity contribution in [2.24, 2.45) is 5.73 Å². The van der Waals surface area contributed by atoms with Crippen molar-refractivity contribution in [1.82, 2.24) is 19.9 Å². The number of hydrogen-bond acceptors (Lipinski definition) is 7. The average Bonchev–Trinajstić information content (AvgIpc) is 3.45. The van der Waals surface area contributed by atoms with E-state index in [1.54, 1.807) is 25.3 Å². The molecule has 4 rings (SSSR count). The van der Waals surface area contributed by atoms with Crippen LogP contribution in [0.2, 0.25) is 0 Å². The topological polar surface area (TPSA) is 118 Å². The molecule has 3 heterocycles. The van der Waals surface area contributed by atoms with Crippen LogP contribution >= 0.6 is 0 Å². The van der Waals surface area contributed by atoms with Gasteiger partial charge in [0, 0.05) is 44.4 Å². The zero-order chi connectivity index (χ0) is 23.7. The summed E-state index contributed by atoms with van der Waals surface area (Å²) in [4.78, 5) is 42.3. The second-order valence-corrected chi connectivity index (χ2v) is 8.34. The summed E-state index contributed by atoms with van der Waals surface area (Å²) in [6.45, 7) is 4.34. The van der Waals surface area contributed by atoms with Crippen molar-refractivity contribution < 1.29 is 14.0 Å². The Morgan fingerprint density at radius 1 is 1.21 bits per heavy atom. The molecule has 2 aromatic heterocycles. The largest absolute Gasteiger partial charge is 0.435 e. The van der Waals surface area contributed by atoms with Crippen molar-refractivity contribution in [3.05, 3.63) is 59.1 Å². The Balaban J connectivity index is 1.76. The van der Waals surface area contributed by atoms with Crippen LogP contribution in [0.5, 0.6) is 0 Å². The molecular weight excluding hydrogens is 420 g/mol.